The van der Waals surface area contributed by atoms with E-state index >= 15 is 0 Å². The van der Waals surface area contributed by atoms with Crippen LogP contribution in [0.25, 0.3) is 0 Å². The maximum atomic E-state index is 12.4. The minimum atomic E-state index is -0.203. The Bertz CT molecular complexity index is 1070. The molecule has 1 saturated carbocycles. The quantitative estimate of drug-likeness (QED) is 0.482. The molecule has 1 aromatic heterocycles. The summed E-state index contributed by atoms with van der Waals surface area (Å²) in [5.74, 6) is 0.715. The molecule has 1 fully saturated rings. The van der Waals surface area contributed by atoms with Gasteiger partial charge in [0.15, 0.2) is 11.5 Å². The second kappa shape index (κ2) is 10.8. The number of carbonyl (C=O) groups is 2. The number of carbonyl (C=O) groups excluding carboxylic acids is 2. The van der Waals surface area contributed by atoms with Gasteiger partial charge in [-0.3, -0.25) is 9.59 Å². The summed E-state index contributed by atoms with van der Waals surface area (Å²) in [5.41, 5.74) is 2.65. The first-order valence-electron chi connectivity index (χ1n) is 11.4. The molecule has 0 saturated heterocycles. The normalized spacial score (nSPS) is 14.3. The van der Waals surface area contributed by atoms with Crippen molar-refractivity contribution in [3.63, 3.8) is 0 Å². The molecule has 1 aliphatic carbocycles. The van der Waals surface area contributed by atoms with E-state index in [1.54, 1.807) is 42.5 Å². The Morgan fingerprint density at radius 2 is 1.67 bits per heavy atom. The van der Waals surface area contributed by atoms with Crippen LogP contribution in [0.3, 0.4) is 0 Å². The summed E-state index contributed by atoms with van der Waals surface area (Å²) < 4.78 is 11.0. The van der Waals surface area contributed by atoms with Crippen molar-refractivity contribution in [2.75, 3.05) is 5.32 Å². The summed E-state index contributed by atoms with van der Waals surface area (Å²) in [5, 5.41) is 9.81. The Hall–Kier alpha value is -3.61. The summed E-state index contributed by atoms with van der Waals surface area (Å²) in [7, 11) is 0. The van der Waals surface area contributed by atoms with Gasteiger partial charge in [0.2, 0.25) is 0 Å². The van der Waals surface area contributed by atoms with Crippen LogP contribution < -0.4 is 15.4 Å². The Balaban J connectivity index is 1.26. The number of aryl methyl sites for hydroxylation is 1. The van der Waals surface area contributed by atoms with E-state index in [9.17, 15) is 9.59 Å². The van der Waals surface area contributed by atoms with E-state index in [0.29, 0.717) is 22.8 Å². The molecular formula is C26H29N3O4. The number of aromatic nitrogens is 1. The predicted octanol–water partition coefficient (Wildman–Crippen LogP) is 5.27. The summed E-state index contributed by atoms with van der Waals surface area (Å²) in [4.78, 5) is 24.8. The van der Waals surface area contributed by atoms with Gasteiger partial charge >= 0.3 is 0 Å². The third-order valence-corrected chi connectivity index (χ3v) is 5.79. The molecule has 0 radical (unpaired) electrons. The van der Waals surface area contributed by atoms with Gasteiger partial charge in [0.05, 0.1) is 0 Å². The molecule has 3 aromatic rings. The van der Waals surface area contributed by atoms with Crippen molar-refractivity contribution < 1.29 is 18.8 Å². The fourth-order valence-corrected chi connectivity index (χ4v) is 3.87. The number of rotatable bonds is 7. The van der Waals surface area contributed by atoms with Crippen molar-refractivity contribution in [1.29, 1.82) is 0 Å². The monoisotopic (exact) mass is 447 g/mol. The van der Waals surface area contributed by atoms with Crippen LogP contribution in [0.5, 0.6) is 5.75 Å². The van der Waals surface area contributed by atoms with E-state index in [1.807, 2.05) is 19.1 Å². The van der Waals surface area contributed by atoms with E-state index in [4.69, 9.17) is 9.26 Å². The second-order valence-corrected chi connectivity index (χ2v) is 8.47. The molecule has 2 aromatic carbocycles. The highest BCUT2D eigenvalue weighted by Gasteiger charge is 2.18. The number of nitrogens with zero attached hydrogens (tertiary/aromatic N) is 1. The van der Waals surface area contributed by atoms with Gasteiger partial charge < -0.3 is 19.9 Å². The molecule has 2 N–H and O–H groups in total. The number of amides is 2. The van der Waals surface area contributed by atoms with Crippen LogP contribution >= 0.6 is 0 Å². The molecule has 0 aliphatic heterocycles. The lowest BCUT2D eigenvalue weighted by Crippen LogP contribution is -2.34. The molecule has 7 nitrogen and oxygen atoms in total. The van der Waals surface area contributed by atoms with Crippen molar-refractivity contribution in [2.24, 2.45) is 0 Å². The zero-order valence-corrected chi connectivity index (χ0v) is 18.8. The van der Waals surface area contributed by atoms with Crippen molar-refractivity contribution in [2.45, 2.75) is 58.1 Å². The molecule has 4 rings (SSSR count). The molecule has 0 bridgehead atoms. The molecule has 33 heavy (non-hydrogen) atoms. The van der Waals surface area contributed by atoms with E-state index < -0.39 is 0 Å². The van der Waals surface area contributed by atoms with Gasteiger partial charge in [0.1, 0.15) is 12.4 Å². The van der Waals surface area contributed by atoms with Crippen LogP contribution in [0.1, 0.15) is 70.7 Å². The van der Waals surface area contributed by atoms with E-state index in [0.717, 1.165) is 31.2 Å². The zero-order chi connectivity index (χ0) is 23.0. The molecule has 2 amide bonds. The maximum Gasteiger partial charge on any atom is 0.273 e. The number of ether oxygens (including phenoxy) is 1. The van der Waals surface area contributed by atoms with Crippen molar-refractivity contribution >= 4 is 17.5 Å². The molecular weight excluding hydrogens is 418 g/mol. The number of hydrogen-bond acceptors (Lipinski definition) is 5. The highest BCUT2D eigenvalue weighted by atomic mass is 16.5. The molecule has 0 atom stereocenters. The van der Waals surface area contributed by atoms with Crippen molar-refractivity contribution in [1.82, 2.24) is 10.5 Å². The Morgan fingerprint density at radius 3 is 2.36 bits per heavy atom. The SMILES string of the molecule is Cc1ccc(C(=O)Nc2ccc(OCc3cc(C(=O)NC4CCCCCC4)no3)cc2)cc1. The molecule has 172 valence electrons. The first-order chi connectivity index (χ1) is 16.1. The van der Waals surface area contributed by atoms with E-state index in [1.165, 1.54) is 12.8 Å². The average molecular weight is 448 g/mol. The fourth-order valence-electron chi connectivity index (χ4n) is 3.87. The molecule has 7 heteroatoms. The van der Waals surface area contributed by atoms with E-state index in [-0.39, 0.29) is 30.2 Å². The highest BCUT2D eigenvalue weighted by molar-refractivity contribution is 6.04. The smallest absolute Gasteiger partial charge is 0.273 e. The van der Waals surface area contributed by atoms with Crippen LogP contribution in [0.4, 0.5) is 5.69 Å². The fraction of sp³-hybridized carbons (Fsp3) is 0.346. The molecule has 0 unspecified atom stereocenters. The molecule has 0 spiro atoms. The summed E-state index contributed by atoms with van der Waals surface area (Å²) in [6.45, 7) is 2.13. The highest BCUT2D eigenvalue weighted by Crippen LogP contribution is 2.19. The average Bonchev–Trinajstić information content (AvgIpc) is 3.16. The van der Waals surface area contributed by atoms with Crippen LogP contribution in [-0.4, -0.2) is 23.0 Å². The minimum absolute atomic E-state index is 0.152. The third-order valence-electron chi connectivity index (χ3n) is 5.79. The topological polar surface area (TPSA) is 93.5 Å². The number of hydrogen-bond donors (Lipinski definition) is 2. The number of anilines is 1. The second-order valence-electron chi connectivity index (χ2n) is 8.47. The lowest BCUT2D eigenvalue weighted by molar-refractivity contribution is 0.0923. The van der Waals surface area contributed by atoms with Crippen LogP contribution in [0.2, 0.25) is 0 Å². The Morgan fingerprint density at radius 1 is 0.970 bits per heavy atom. The minimum Gasteiger partial charge on any atom is -0.486 e. The number of benzene rings is 2. The summed E-state index contributed by atoms with van der Waals surface area (Å²) in [6, 6.07) is 16.3. The van der Waals surface area contributed by atoms with Crippen LogP contribution in [-0.2, 0) is 6.61 Å². The van der Waals surface area contributed by atoms with Crippen molar-refractivity contribution in [3.8, 4) is 5.75 Å². The Labute approximate surface area is 193 Å². The first-order valence-corrected chi connectivity index (χ1v) is 11.4. The van der Waals surface area contributed by atoms with Gasteiger partial charge in [0.25, 0.3) is 11.8 Å². The number of nitrogens with one attached hydrogen (secondary N) is 2. The predicted molar refractivity (Wildman–Crippen MR) is 125 cm³/mol. The van der Waals surface area contributed by atoms with Gasteiger partial charge in [-0.05, 0) is 56.2 Å². The molecule has 1 aliphatic rings. The van der Waals surface area contributed by atoms with Gasteiger partial charge in [-0.1, -0.05) is 48.5 Å². The summed E-state index contributed by atoms with van der Waals surface area (Å²) >= 11 is 0. The molecule has 1 heterocycles. The lowest BCUT2D eigenvalue weighted by Gasteiger charge is -2.14. The van der Waals surface area contributed by atoms with Gasteiger partial charge in [0, 0.05) is 23.4 Å². The third kappa shape index (κ3) is 6.44. The lowest BCUT2D eigenvalue weighted by atomic mass is 10.1. The summed E-state index contributed by atoms with van der Waals surface area (Å²) in [6.07, 6.45) is 6.80. The first kappa shape index (κ1) is 22.6. The van der Waals surface area contributed by atoms with Crippen LogP contribution in [0.15, 0.2) is 59.1 Å². The zero-order valence-electron chi connectivity index (χ0n) is 18.8. The Kier molecular flexibility index (Phi) is 7.40. The van der Waals surface area contributed by atoms with Gasteiger partial charge in [-0.25, -0.2) is 0 Å². The van der Waals surface area contributed by atoms with Crippen molar-refractivity contribution in [3.05, 3.63) is 77.2 Å². The van der Waals surface area contributed by atoms with Gasteiger partial charge in [-0.15, -0.1) is 0 Å². The van der Waals surface area contributed by atoms with Gasteiger partial charge in [-0.2, -0.15) is 0 Å². The standard InChI is InChI=1S/C26H29N3O4/c1-18-8-10-19(11-9-18)25(30)27-21-12-14-22(15-13-21)32-17-23-16-24(29-33-23)26(31)28-20-6-4-2-3-5-7-20/h8-16,20H,2-7,17H2,1H3,(H,27,30)(H,28,31). The van der Waals surface area contributed by atoms with E-state index in [2.05, 4.69) is 15.8 Å². The maximum absolute atomic E-state index is 12.4. The van der Waals surface area contributed by atoms with Crippen LogP contribution in [0, 0.1) is 6.92 Å². The largest absolute Gasteiger partial charge is 0.486 e.